The molecule has 0 radical (unpaired) electrons. The lowest BCUT2D eigenvalue weighted by atomic mass is 10.0. The third-order valence-electron chi connectivity index (χ3n) is 4.84. The third-order valence-corrected chi connectivity index (χ3v) is 5.65. The van der Waals surface area contributed by atoms with E-state index in [9.17, 15) is 18.8 Å². The predicted octanol–water partition coefficient (Wildman–Crippen LogP) is 5.61. The number of halogens is 4. The number of carbonyl (C=O) groups excluding carboxylic acids is 1. The summed E-state index contributed by atoms with van der Waals surface area (Å²) in [5.74, 6) is -5.03. The van der Waals surface area contributed by atoms with Gasteiger partial charge in [-0.05, 0) is 48.0 Å². The second-order valence-corrected chi connectivity index (χ2v) is 8.60. The fraction of sp³-hybridized carbons (Fsp3) is 0.125. The lowest BCUT2D eigenvalue weighted by Crippen LogP contribution is -2.42. The van der Waals surface area contributed by atoms with Crippen molar-refractivity contribution in [1.29, 1.82) is 0 Å². The maximum atomic E-state index is 14.9. The summed E-state index contributed by atoms with van der Waals surface area (Å²) >= 11 is 18.3. The fourth-order valence-electron chi connectivity index (χ4n) is 3.14. The van der Waals surface area contributed by atoms with Gasteiger partial charge >= 0.3 is 11.9 Å². The molecular formula is C24H17Cl3FNO6. The van der Waals surface area contributed by atoms with E-state index in [1.165, 1.54) is 18.2 Å². The number of rotatable bonds is 9. The van der Waals surface area contributed by atoms with Gasteiger partial charge in [0.25, 0.3) is 5.91 Å². The Balaban J connectivity index is 1.90. The van der Waals surface area contributed by atoms with Gasteiger partial charge in [0, 0.05) is 26.2 Å². The highest BCUT2D eigenvalue weighted by molar-refractivity contribution is 6.35. The smallest absolute Gasteiger partial charge is 0.326 e. The number of hydrogen-bond donors (Lipinski definition) is 3. The molecule has 0 saturated heterocycles. The van der Waals surface area contributed by atoms with Crippen LogP contribution in [0.5, 0.6) is 5.75 Å². The van der Waals surface area contributed by atoms with Crippen LogP contribution in [0.1, 0.15) is 34.0 Å². The molecule has 0 spiro atoms. The quantitative estimate of drug-likeness (QED) is 0.325. The van der Waals surface area contributed by atoms with Crippen molar-refractivity contribution in [2.75, 3.05) is 0 Å². The first kappa shape index (κ1) is 26.3. The van der Waals surface area contributed by atoms with Crippen LogP contribution in [0.25, 0.3) is 0 Å². The third kappa shape index (κ3) is 6.85. The Kier molecular flexibility index (Phi) is 8.56. The molecule has 0 aliphatic rings. The highest BCUT2D eigenvalue weighted by atomic mass is 35.5. The number of nitrogens with one attached hydrogen (secondary N) is 1. The molecule has 3 N–H and O–H groups in total. The second kappa shape index (κ2) is 11.4. The van der Waals surface area contributed by atoms with Crippen LogP contribution >= 0.6 is 34.8 Å². The van der Waals surface area contributed by atoms with E-state index in [1.54, 1.807) is 36.4 Å². The number of carbonyl (C=O) groups is 3. The molecule has 7 nitrogen and oxygen atoms in total. The van der Waals surface area contributed by atoms with Crippen LogP contribution in [0.4, 0.5) is 4.39 Å². The van der Waals surface area contributed by atoms with Gasteiger partial charge in [0.1, 0.15) is 6.04 Å². The standard InChI is InChI=1S/C24H17Cl3FNO6/c25-14-4-1-12(2-5-14)22(16-7-6-15(26)10-17(16)27)35-20-8-3-13(9-18(20)28)23(32)29-19(24(33)34)11-21(30)31/h1-10,19,22H,11H2,(H,29,32)(H,30,31)(H,33,34). The van der Waals surface area contributed by atoms with Crippen LogP contribution in [0.2, 0.25) is 15.1 Å². The van der Waals surface area contributed by atoms with Gasteiger partial charge in [0.2, 0.25) is 0 Å². The van der Waals surface area contributed by atoms with Gasteiger partial charge in [-0.15, -0.1) is 0 Å². The Morgan fingerprint density at radius 1 is 0.914 bits per heavy atom. The zero-order valence-electron chi connectivity index (χ0n) is 17.7. The van der Waals surface area contributed by atoms with Crippen LogP contribution in [0.15, 0.2) is 60.7 Å². The van der Waals surface area contributed by atoms with E-state index in [1.807, 2.05) is 0 Å². The normalized spacial score (nSPS) is 12.5. The molecule has 3 aromatic carbocycles. The first-order valence-electron chi connectivity index (χ1n) is 9.97. The SMILES string of the molecule is O=C(O)CC(NC(=O)c1ccc(OC(c2ccc(Cl)cc2)c2ccc(Cl)cc2Cl)c(F)c1)C(=O)O. The average molecular weight is 541 g/mol. The predicted molar refractivity (Wildman–Crippen MR) is 128 cm³/mol. The fourth-order valence-corrected chi connectivity index (χ4v) is 3.78. The summed E-state index contributed by atoms with van der Waals surface area (Å²) in [5.41, 5.74) is 0.884. The molecule has 0 aromatic heterocycles. The monoisotopic (exact) mass is 539 g/mol. The minimum Gasteiger partial charge on any atom is -0.481 e. The Bertz CT molecular complexity index is 1270. The summed E-state index contributed by atoms with van der Waals surface area (Å²) in [6.07, 6.45) is -1.70. The summed E-state index contributed by atoms with van der Waals surface area (Å²) in [7, 11) is 0. The van der Waals surface area contributed by atoms with E-state index in [-0.39, 0.29) is 16.3 Å². The van der Waals surface area contributed by atoms with E-state index in [4.69, 9.17) is 49.8 Å². The molecule has 3 rings (SSSR count). The molecule has 2 unspecified atom stereocenters. The molecule has 0 saturated carbocycles. The molecule has 0 fully saturated rings. The minimum atomic E-state index is -1.68. The maximum Gasteiger partial charge on any atom is 0.326 e. The molecule has 0 bridgehead atoms. The number of hydrogen-bond acceptors (Lipinski definition) is 4. The number of benzene rings is 3. The number of amides is 1. The Morgan fingerprint density at radius 3 is 2.14 bits per heavy atom. The lowest BCUT2D eigenvalue weighted by molar-refractivity contribution is -0.145. The van der Waals surface area contributed by atoms with Gasteiger partial charge in [-0.2, -0.15) is 0 Å². The number of carboxylic acid groups (broad SMARTS) is 2. The molecule has 0 aliphatic carbocycles. The first-order chi connectivity index (χ1) is 16.5. The lowest BCUT2D eigenvalue weighted by Gasteiger charge is -2.22. The van der Waals surface area contributed by atoms with Crippen molar-refractivity contribution in [2.45, 2.75) is 18.6 Å². The highest BCUT2D eigenvalue weighted by Gasteiger charge is 2.25. The van der Waals surface area contributed by atoms with Crippen LogP contribution in [0, 0.1) is 5.82 Å². The van der Waals surface area contributed by atoms with Gasteiger partial charge in [-0.1, -0.05) is 53.0 Å². The van der Waals surface area contributed by atoms with Crippen LogP contribution in [-0.2, 0) is 9.59 Å². The number of carboxylic acids is 2. The van der Waals surface area contributed by atoms with Crippen molar-refractivity contribution < 1.29 is 33.7 Å². The summed E-state index contributed by atoms with van der Waals surface area (Å²) < 4.78 is 20.9. The van der Waals surface area contributed by atoms with Gasteiger partial charge < -0.3 is 20.3 Å². The summed E-state index contributed by atoms with van der Waals surface area (Å²) in [4.78, 5) is 34.4. The van der Waals surface area contributed by atoms with Gasteiger partial charge in [0.15, 0.2) is 17.7 Å². The molecule has 3 aromatic rings. The Hall–Kier alpha value is -3.33. The zero-order valence-corrected chi connectivity index (χ0v) is 19.9. The van der Waals surface area contributed by atoms with E-state index < -0.39 is 42.2 Å². The molecule has 1 amide bonds. The zero-order chi connectivity index (χ0) is 25.7. The van der Waals surface area contributed by atoms with Crippen molar-refractivity contribution >= 4 is 52.6 Å². The van der Waals surface area contributed by atoms with E-state index in [0.29, 0.717) is 21.2 Å². The largest absolute Gasteiger partial charge is 0.481 e. The Morgan fingerprint density at radius 2 is 1.57 bits per heavy atom. The van der Waals surface area contributed by atoms with Crippen molar-refractivity contribution in [3.63, 3.8) is 0 Å². The molecule has 0 aliphatic heterocycles. The summed E-state index contributed by atoms with van der Waals surface area (Å²) in [6.45, 7) is 0. The van der Waals surface area contributed by atoms with E-state index in [2.05, 4.69) is 5.32 Å². The van der Waals surface area contributed by atoms with Crippen LogP contribution < -0.4 is 10.1 Å². The van der Waals surface area contributed by atoms with Gasteiger partial charge in [0.05, 0.1) is 6.42 Å². The number of aliphatic carboxylic acids is 2. The van der Waals surface area contributed by atoms with Crippen molar-refractivity contribution in [1.82, 2.24) is 5.32 Å². The Labute approximate surface area is 214 Å². The first-order valence-corrected chi connectivity index (χ1v) is 11.1. The minimum absolute atomic E-state index is 0.215. The van der Waals surface area contributed by atoms with Crippen molar-refractivity contribution in [3.8, 4) is 5.75 Å². The van der Waals surface area contributed by atoms with Crippen molar-refractivity contribution in [2.24, 2.45) is 0 Å². The topological polar surface area (TPSA) is 113 Å². The van der Waals surface area contributed by atoms with Crippen LogP contribution in [0.3, 0.4) is 0 Å². The van der Waals surface area contributed by atoms with E-state index >= 15 is 0 Å². The van der Waals surface area contributed by atoms with Crippen molar-refractivity contribution in [3.05, 3.63) is 98.2 Å². The van der Waals surface area contributed by atoms with E-state index in [0.717, 1.165) is 6.07 Å². The molecule has 182 valence electrons. The molecular weight excluding hydrogens is 524 g/mol. The number of ether oxygens (including phenoxy) is 1. The summed E-state index contributed by atoms with van der Waals surface area (Å²) in [5, 5.41) is 21.1. The average Bonchev–Trinajstić information content (AvgIpc) is 2.78. The molecule has 2 atom stereocenters. The molecule has 11 heteroatoms. The second-order valence-electron chi connectivity index (χ2n) is 7.32. The van der Waals surface area contributed by atoms with Crippen LogP contribution in [-0.4, -0.2) is 34.1 Å². The molecule has 35 heavy (non-hydrogen) atoms. The maximum absolute atomic E-state index is 14.9. The molecule has 0 heterocycles. The summed E-state index contributed by atoms with van der Waals surface area (Å²) in [6, 6.07) is 13.0. The van der Waals surface area contributed by atoms with Gasteiger partial charge in [-0.25, -0.2) is 9.18 Å². The van der Waals surface area contributed by atoms with Gasteiger partial charge in [-0.3, -0.25) is 9.59 Å². The highest BCUT2D eigenvalue weighted by Crippen LogP contribution is 2.35.